The SMILES string of the molecule is Br.Cc1c(Br)ccc2c1CN1C(=N2)NC(=O)C1C. The molecule has 1 N–H and O–H groups in total. The van der Waals surface area contributed by atoms with Gasteiger partial charge in [0.15, 0.2) is 0 Å². The first-order chi connectivity index (χ1) is 8.08. The molecule has 0 aliphatic carbocycles. The summed E-state index contributed by atoms with van der Waals surface area (Å²) in [4.78, 5) is 18.1. The predicted octanol–water partition coefficient (Wildman–Crippen LogP) is 2.66. The maximum atomic E-state index is 11.6. The average molecular weight is 375 g/mol. The summed E-state index contributed by atoms with van der Waals surface area (Å²) in [7, 11) is 0. The Hall–Kier alpha value is -0.880. The fourth-order valence-electron chi connectivity index (χ4n) is 2.22. The molecule has 2 aliphatic heterocycles. The van der Waals surface area contributed by atoms with Crippen molar-refractivity contribution in [2.45, 2.75) is 26.4 Å². The Kier molecular flexibility index (Phi) is 3.51. The van der Waals surface area contributed by atoms with Gasteiger partial charge in [0.1, 0.15) is 6.04 Å². The number of guanidine groups is 1. The molecule has 0 radical (unpaired) electrons. The Morgan fingerprint density at radius 1 is 1.50 bits per heavy atom. The van der Waals surface area contributed by atoms with Crippen LogP contribution in [-0.4, -0.2) is 22.8 Å². The summed E-state index contributed by atoms with van der Waals surface area (Å²) in [6.45, 7) is 4.70. The number of aliphatic imine (C=N–C) groups is 1. The van der Waals surface area contributed by atoms with E-state index < -0.39 is 0 Å². The first-order valence-corrected chi connectivity index (χ1v) is 6.31. The minimum atomic E-state index is -0.139. The molecule has 2 aliphatic rings. The zero-order chi connectivity index (χ0) is 12.2. The Morgan fingerprint density at radius 2 is 2.22 bits per heavy atom. The second kappa shape index (κ2) is 4.66. The van der Waals surface area contributed by atoms with E-state index in [1.165, 1.54) is 11.1 Å². The van der Waals surface area contributed by atoms with Crippen LogP contribution in [0, 0.1) is 6.92 Å². The van der Waals surface area contributed by atoms with E-state index in [4.69, 9.17) is 0 Å². The van der Waals surface area contributed by atoms with Crippen molar-refractivity contribution in [3.8, 4) is 0 Å². The van der Waals surface area contributed by atoms with Crippen LogP contribution in [0.1, 0.15) is 18.1 Å². The van der Waals surface area contributed by atoms with Crippen molar-refractivity contribution >= 4 is 50.5 Å². The number of carbonyl (C=O) groups is 1. The Balaban J connectivity index is 0.00000120. The third kappa shape index (κ3) is 1.87. The normalized spacial score (nSPS) is 20.6. The Bertz CT molecular complexity index is 556. The molecular formula is C12H13Br2N3O. The highest BCUT2D eigenvalue weighted by Crippen LogP contribution is 2.34. The topological polar surface area (TPSA) is 44.7 Å². The van der Waals surface area contributed by atoms with Gasteiger partial charge in [-0.3, -0.25) is 10.1 Å². The second-order valence-electron chi connectivity index (χ2n) is 4.40. The number of nitrogens with zero attached hydrogens (tertiary/aromatic N) is 2. The lowest BCUT2D eigenvalue weighted by atomic mass is 10.0. The number of carbonyl (C=O) groups excluding carboxylic acids is 1. The van der Waals surface area contributed by atoms with Gasteiger partial charge in [-0.2, -0.15) is 0 Å². The van der Waals surface area contributed by atoms with Gasteiger partial charge in [0.05, 0.1) is 5.69 Å². The average Bonchev–Trinajstić information content (AvgIpc) is 2.58. The van der Waals surface area contributed by atoms with Crippen LogP contribution >= 0.6 is 32.9 Å². The number of halogens is 2. The van der Waals surface area contributed by atoms with E-state index in [9.17, 15) is 4.79 Å². The van der Waals surface area contributed by atoms with E-state index in [2.05, 4.69) is 33.2 Å². The molecule has 3 rings (SSSR count). The van der Waals surface area contributed by atoms with Crippen molar-refractivity contribution in [3.05, 3.63) is 27.7 Å². The molecule has 1 fully saturated rings. The smallest absolute Gasteiger partial charge is 0.249 e. The van der Waals surface area contributed by atoms with E-state index in [0.29, 0.717) is 5.96 Å². The molecule has 18 heavy (non-hydrogen) atoms. The first kappa shape index (κ1) is 13.5. The summed E-state index contributed by atoms with van der Waals surface area (Å²) < 4.78 is 1.08. The fraction of sp³-hybridized carbons (Fsp3) is 0.333. The van der Waals surface area contributed by atoms with Crippen LogP contribution in [0.15, 0.2) is 21.6 Å². The second-order valence-corrected chi connectivity index (χ2v) is 5.25. The molecule has 1 atom stereocenters. The summed E-state index contributed by atoms with van der Waals surface area (Å²) >= 11 is 3.52. The number of hydrogen-bond acceptors (Lipinski definition) is 3. The van der Waals surface area contributed by atoms with E-state index >= 15 is 0 Å². The highest BCUT2D eigenvalue weighted by molar-refractivity contribution is 9.10. The van der Waals surface area contributed by atoms with E-state index in [-0.39, 0.29) is 28.9 Å². The fourth-order valence-corrected chi connectivity index (χ4v) is 2.59. The lowest BCUT2D eigenvalue weighted by Gasteiger charge is -2.27. The van der Waals surface area contributed by atoms with Gasteiger partial charge in [-0.05, 0) is 31.5 Å². The van der Waals surface area contributed by atoms with Gasteiger partial charge in [0, 0.05) is 16.6 Å². The van der Waals surface area contributed by atoms with Crippen LogP contribution in [0.2, 0.25) is 0 Å². The van der Waals surface area contributed by atoms with Crippen LogP contribution in [0.25, 0.3) is 0 Å². The van der Waals surface area contributed by atoms with Crippen LogP contribution in [-0.2, 0) is 11.3 Å². The number of rotatable bonds is 0. The standard InChI is InChI=1S/C12H12BrN3O.BrH/c1-6-8-5-16-7(2)11(17)15-12(16)14-10(8)4-3-9(6)13;/h3-4,7H,5H2,1-2H3,(H,14,15,17);1H. The highest BCUT2D eigenvalue weighted by Gasteiger charge is 2.36. The van der Waals surface area contributed by atoms with Crippen molar-refractivity contribution in [2.75, 3.05) is 0 Å². The summed E-state index contributed by atoms with van der Waals surface area (Å²) in [6.07, 6.45) is 0. The quantitative estimate of drug-likeness (QED) is 0.758. The zero-order valence-corrected chi connectivity index (χ0v) is 13.3. The van der Waals surface area contributed by atoms with Gasteiger partial charge in [-0.25, -0.2) is 4.99 Å². The van der Waals surface area contributed by atoms with Crippen molar-refractivity contribution in [2.24, 2.45) is 4.99 Å². The molecule has 1 aromatic carbocycles. The monoisotopic (exact) mass is 373 g/mol. The van der Waals surface area contributed by atoms with Crippen LogP contribution in [0.4, 0.5) is 5.69 Å². The lowest BCUT2D eigenvalue weighted by Crippen LogP contribution is -2.35. The van der Waals surface area contributed by atoms with Crippen molar-refractivity contribution in [3.63, 3.8) is 0 Å². The molecule has 1 amide bonds. The minimum Gasteiger partial charge on any atom is -0.326 e. The summed E-state index contributed by atoms with van der Waals surface area (Å²) in [5, 5.41) is 2.81. The molecule has 1 saturated heterocycles. The summed E-state index contributed by atoms with van der Waals surface area (Å²) in [5.41, 5.74) is 3.33. The van der Waals surface area contributed by atoms with E-state index in [1.54, 1.807) is 0 Å². The van der Waals surface area contributed by atoms with E-state index in [1.807, 2.05) is 24.0 Å². The van der Waals surface area contributed by atoms with Crippen molar-refractivity contribution in [1.29, 1.82) is 0 Å². The van der Waals surface area contributed by atoms with Crippen LogP contribution in [0.3, 0.4) is 0 Å². The number of fused-ring (bicyclic) bond motifs is 2. The molecule has 0 aromatic heterocycles. The number of amides is 1. The molecule has 0 bridgehead atoms. The van der Waals surface area contributed by atoms with E-state index in [0.717, 1.165) is 16.7 Å². The number of nitrogens with one attached hydrogen (secondary N) is 1. The van der Waals surface area contributed by atoms with Gasteiger partial charge in [0.25, 0.3) is 0 Å². The van der Waals surface area contributed by atoms with Crippen molar-refractivity contribution in [1.82, 2.24) is 10.2 Å². The Labute approximate surface area is 124 Å². The Morgan fingerprint density at radius 3 is 2.94 bits per heavy atom. The highest BCUT2D eigenvalue weighted by atomic mass is 79.9. The van der Waals surface area contributed by atoms with Gasteiger partial charge in [-0.1, -0.05) is 15.9 Å². The largest absolute Gasteiger partial charge is 0.326 e. The molecule has 1 aromatic rings. The number of hydrogen-bond donors (Lipinski definition) is 1. The molecule has 96 valence electrons. The molecule has 0 saturated carbocycles. The maximum Gasteiger partial charge on any atom is 0.249 e. The summed E-state index contributed by atoms with van der Waals surface area (Å²) in [6, 6.07) is 3.83. The third-order valence-corrected chi connectivity index (χ3v) is 4.28. The zero-order valence-electron chi connectivity index (χ0n) is 10.0. The van der Waals surface area contributed by atoms with Gasteiger partial charge in [0.2, 0.25) is 11.9 Å². The number of benzene rings is 1. The van der Waals surface area contributed by atoms with Gasteiger partial charge in [-0.15, -0.1) is 17.0 Å². The first-order valence-electron chi connectivity index (χ1n) is 5.52. The molecule has 2 heterocycles. The summed E-state index contributed by atoms with van der Waals surface area (Å²) in [5.74, 6) is 0.699. The van der Waals surface area contributed by atoms with Crippen LogP contribution in [0.5, 0.6) is 0 Å². The predicted molar refractivity (Wildman–Crippen MR) is 79.4 cm³/mol. The third-order valence-electron chi connectivity index (χ3n) is 3.42. The maximum absolute atomic E-state index is 11.6. The minimum absolute atomic E-state index is 0. The molecule has 4 nitrogen and oxygen atoms in total. The molecule has 1 unspecified atom stereocenters. The molecule has 6 heteroatoms. The van der Waals surface area contributed by atoms with Gasteiger partial charge >= 0.3 is 0 Å². The lowest BCUT2D eigenvalue weighted by molar-refractivity contribution is -0.121. The molecular weight excluding hydrogens is 362 g/mol. The van der Waals surface area contributed by atoms with Gasteiger partial charge < -0.3 is 4.90 Å². The molecule has 0 spiro atoms. The van der Waals surface area contributed by atoms with Crippen LogP contribution < -0.4 is 5.32 Å². The van der Waals surface area contributed by atoms with Crippen molar-refractivity contribution < 1.29 is 4.79 Å².